The number of rotatable bonds is 5. The molecule has 0 bridgehead atoms. The van der Waals surface area contributed by atoms with Gasteiger partial charge in [0.2, 0.25) is 0 Å². The molecule has 0 saturated heterocycles. The van der Waals surface area contributed by atoms with Crippen molar-refractivity contribution in [3.63, 3.8) is 0 Å². The van der Waals surface area contributed by atoms with Crippen LogP contribution in [0, 0.1) is 13.8 Å². The average Bonchev–Trinajstić information content (AvgIpc) is 2.92. The molecule has 0 atom stereocenters. The molecule has 6 heteroatoms. The summed E-state index contributed by atoms with van der Waals surface area (Å²) >= 11 is 5.87. The molecule has 0 unspecified atom stereocenters. The van der Waals surface area contributed by atoms with Crippen molar-refractivity contribution >= 4 is 17.8 Å². The zero-order valence-electron chi connectivity index (χ0n) is 13.5. The first-order valence-corrected chi connectivity index (χ1v) is 7.90. The Bertz CT molecular complexity index is 819. The van der Waals surface area contributed by atoms with Crippen molar-refractivity contribution < 1.29 is 4.74 Å². The lowest BCUT2D eigenvalue weighted by Gasteiger charge is -2.06. The third kappa shape index (κ3) is 4.00. The lowest BCUT2D eigenvalue weighted by molar-refractivity contribution is 0.306. The molecule has 0 amide bonds. The highest BCUT2D eigenvalue weighted by Gasteiger charge is 2.01. The summed E-state index contributed by atoms with van der Waals surface area (Å²) in [6.45, 7) is 4.24. The van der Waals surface area contributed by atoms with E-state index < -0.39 is 0 Å². The van der Waals surface area contributed by atoms with Crippen molar-refractivity contribution in [2.75, 3.05) is 0 Å². The number of ether oxygens (including phenoxy) is 1. The summed E-state index contributed by atoms with van der Waals surface area (Å²) in [6, 6.07) is 15.4. The fraction of sp³-hybridized carbons (Fsp3) is 0.167. The van der Waals surface area contributed by atoms with E-state index in [0.29, 0.717) is 6.61 Å². The quantitative estimate of drug-likeness (QED) is 0.659. The summed E-state index contributed by atoms with van der Waals surface area (Å²) in [5.74, 6) is 2.32. The minimum atomic E-state index is 0.504. The highest BCUT2D eigenvalue weighted by molar-refractivity contribution is 6.30. The standard InChI is InChI=1S/C18H17ClN4O/c1-13-21-22-14(2)23(13)20-11-15-5-9-18(10-6-15)24-12-16-3-7-17(19)8-4-16/h3-11H,12H2,1-2H3/b20-11-. The predicted molar refractivity (Wildman–Crippen MR) is 94.7 cm³/mol. The molecule has 3 rings (SSSR count). The van der Waals surface area contributed by atoms with E-state index in [2.05, 4.69) is 15.3 Å². The van der Waals surface area contributed by atoms with Crippen LogP contribution in [-0.4, -0.2) is 21.1 Å². The van der Waals surface area contributed by atoms with Gasteiger partial charge in [0, 0.05) is 5.02 Å². The molecular formula is C18H17ClN4O. The Labute approximate surface area is 145 Å². The molecule has 122 valence electrons. The van der Waals surface area contributed by atoms with Crippen LogP contribution >= 0.6 is 11.6 Å². The molecule has 0 saturated carbocycles. The Morgan fingerprint density at radius 3 is 2.25 bits per heavy atom. The Balaban J connectivity index is 1.62. The van der Waals surface area contributed by atoms with Crippen LogP contribution in [-0.2, 0) is 6.61 Å². The minimum absolute atomic E-state index is 0.504. The van der Waals surface area contributed by atoms with Gasteiger partial charge in [-0.05, 0) is 61.4 Å². The molecule has 1 heterocycles. The molecular weight excluding hydrogens is 324 g/mol. The minimum Gasteiger partial charge on any atom is -0.489 e. The van der Waals surface area contributed by atoms with Crippen molar-refractivity contribution in [3.8, 4) is 5.75 Å². The van der Waals surface area contributed by atoms with Gasteiger partial charge in [-0.25, -0.2) is 4.68 Å². The Kier molecular flexibility index (Phi) is 4.91. The predicted octanol–water partition coefficient (Wildman–Crippen LogP) is 4.01. The molecule has 1 aromatic heterocycles. The molecule has 0 spiro atoms. The first-order chi connectivity index (χ1) is 11.6. The molecule has 0 aliphatic heterocycles. The van der Waals surface area contributed by atoms with Gasteiger partial charge >= 0.3 is 0 Å². The lowest BCUT2D eigenvalue weighted by Crippen LogP contribution is -1.97. The van der Waals surface area contributed by atoms with Crippen LogP contribution in [0.4, 0.5) is 0 Å². The second-order valence-electron chi connectivity index (χ2n) is 5.33. The Morgan fingerprint density at radius 1 is 1.00 bits per heavy atom. The van der Waals surface area contributed by atoms with Crippen LogP contribution in [0.25, 0.3) is 0 Å². The lowest BCUT2D eigenvalue weighted by atomic mass is 10.2. The van der Waals surface area contributed by atoms with E-state index in [4.69, 9.17) is 16.3 Å². The maximum Gasteiger partial charge on any atom is 0.151 e. The number of aryl methyl sites for hydroxylation is 2. The number of halogens is 1. The third-order valence-corrected chi connectivity index (χ3v) is 3.73. The topological polar surface area (TPSA) is 52.3 Å². The van der Waals surface area contributed by atoms with Crippen molar-refractivity contribution in [1.29, 1.82) is 0 Å². The molecule has 0 aliphatic rings. The van der Waals surface area contributed by atoms with Crippen LogP contribution < -0.4 is 4.74 Å². The van der Waals surface area contributed by atoms with Gasteiger partial charge in [0.1, 0.15) is 12.4 Å². The second kappa shape index (κ2) is 7.27. The largest absolute Gasteiger partial charge is 0.489 e. The molecule has 0 aliphatic carbocycles. The molecule has 3 aromatic rings. The number of aromatic nitrogens is 3. The van der Waals surface area contributed by atoms with Crippen LogP contribution in [0.15, 0.2) is 53.6 Å². The van der Waals surface area contributed by atoms with E-state index in [1.807, 2.05) is 62.4 Å². The summed E-state index contributed by atoms with van der Waals surface area (Å²) in [5, 5.41) is 13.0. The Hall–Kier alpha value is -2.66. The van der Waals surface area contributed by atoms with Gasteiger partial charge in [0.25, 0.3) is 0 Å². The third-order valence-electron chi connectivity index (χ3n) is 3.47. The SMILES string of the molecule is Cc1nnc(C)n1/N=C\c1ccc(OCc2ccc(Cl)cc2)cc1. The van der Waals surface area contributed by atoms with E-state index in [0.717, 1.165) is 33.5 Å². The summed E-state index contributed by atoms with van der Waals surface area (Å²) in [7, 11) is 0. The van der Waals surface area contributed by atoms with Gasteiger partial charge in [0.05, 0.1) is 6.21 Å². The fourth-order valence-corrected chi connectivity index (χ4v) is 2.28. The van der Waals surface area contributed by atoms with Gasteiger partial charge < -0.3 is 4.74 Å². The van der Waals surface area contributed by atoms with E-state index in [-0.39, 0.29) is 0 Å². The molecule has 0 radical (unpaired) electrons. The van der Waals surface area contributed by atoms with E-state index in [9.17, 15) is 0 Å². The zero-order chi connectivity index (χ0) is 16.9. The van der Waals surface area contributed by atoms with Crippen LogP contribution in [0.5, 0.6) is 5.75 Å². The summed E-state index contributed by atoms with van der Waals surface area (Å²) < 4.78 is 7.46. The number of benzene rings is 2. The van der Waals surface area contributed by atoms with Crippen molar-refractivity contribution in [2.45, 2.75) is 20.5 Å². The first kappa shape index (κ1) is 16.2. The van der Waals surface area contributed by atoms with Gasteiger partial charge in [-0.3, -0.25) is 0 Å². The molecule has 0 fully saturated rings. The summed E-state index contributed by atoms with van der Waals surface area (Å²) in [4.78, 5) is 0. The molecule has 5 nitrogen and oxygen atoms in total. The maximum absolute atomic E-state index is 5.87. The monoisotopic (exact) mass is 340 g/mol. The fourth-order valence-electron chi connectivity index (χ4n) is 2.15. The summed E-state index contributed by atoms with van der Waals surface area (Å²) in [5.41, 5.74) is 2.05. The highest BCUT2D eigenvalue weighted by atomic mass is 35.5. The van der Waals surface area contributed by atoms with Crippen LogP contribution in [0.1, 0.15) is 22.8 Å². The van der Waals surface area contributed by atoms with Crippen LogP contribution in [0.2, 0.25) is 5.02 Å². The van der Waals surface area contributed by atoms with Crippen molar-refractivity contribution in [2.24, 2.45) is 5.10 Å². The first-order valence-electron chi connectivity index (χ1n) is 7.52. The van der Waals surface area contributed by atoms with Gasteiger partial charge in [-0.1, -0.05) is 23.7 Å². The van der Waals surface area contributed by atoms with Crippen molar-refractivity contribution in [3.05, 3.63) is 76.3 Å². The van der Waals surface area contributed by atoms with Crippen LogP contribution in [0.3, 0.4) is 0 Å². The smallest absolute Gasteiger partial charge is 0.151 e. The van der Waals surface area contributed by atoms with E-state index >= 15 is 0 Å². The second-order valence-corrected chi connectivity index (χ2v) is 5.77. The zero-order valence-corrected chi connectivity index (χ0v) is 14.2. The molecule has 2 aromatic carbocycles. The number of nitrogens with zero attached hydrogens (tertiary/aromatic N) is 4. The van der Waals surface area contributed by atoms with Gasteiger partial charge in [0.15, 0.2) is 11.6 Å². The Morgan fingerprint density at radius 2 is 1.62 bits per heavy atom. The maximum atomic E-state index is 5.87. The van der Waals surface area contributed by atoms with Crippen molar-refractivity contribution in [1.82, 2.24) is 14.9 Å². The normalized spacial score (nSPS) is 11.1. The molecule has 0 N–H and O–H groups in total. The average molecular weight is 341 g/mol. The van der Waals surface area contributed by atoms with E-state index in [1.54, 1.807) is 10.9 Å². The summed E-state index contributed by atoms with van der Waals surface area (Å²) in [6.07, 6.45) is 1.77. The van der Waals surface area contributed by atoms with Gasteiger partial charge in [-0.15, -0.1) is 10.2 Å². The van der Waals surface area contributed by atoms with E-state index in [1.165, 1.54) is 0 Å². The highest BCUT2D eigenvalue weighted by Crippen LogP contribution is 2.15. The molecule has 24 heavy (non-hydrogen) atoms. The van der Waals surface area contributed by atoms with Gasteiger partial charge in [-0.2, -0.15) is 5.10 Å². The number of hydrogen-bond donors (Lipinski definition) is 0. The number of hydrogen-bond acceptors (Lipinski definition) is 4.